The quantitative estimate of drug-likeness (QED) is 0.395. The smallest absolute Gasteiger partial charge is 0.338 e. The van der Waals surface area contributed by atoms with Crippen LogP contribution in [0.5, 0.6) is 0 Å². The molecule has 3 aromatic rings. The molecule has 1 aliphatic heterocycles. The average molecular weight is 457 g/mol. The number of hydrogen-bond donors (Lipinski definition) is 1. The third-order valence-corrected chi connectivity index (χ3v) is 5.88. The number of anilines is 1. The first-order valence-electron chi connectivity index (χ1n) is 10.2. The van der Waals surface area contributed by atoms with E-state index in [0.29, 0.717) is 52.3 Å². The summed E-state index contributed by atoms with van der Waals surface area (Å²) in [6, 6.07) is 11.8. The van der Waals surface area contributed by atoms with Gasteiger partial charge in [0, 0.05) is 11.4 Å². The summed E-state index contributed by atoms with van der Waals surface area (Å²) in [5.74, 6) is -0.328. The molecule has 0 spiro atoms. The molecule has 2 heterocycles. The summed E-state index contributed by atoms with van der Waals surface area (Å²) in [6.45, 7) is 3.98. The van der Waals surface area contributed by atoms with Gasteiger partial charge in [-0.1, -0.05) is 49.0 Å². The zero-order chi connectivity index (χ0) is 22.7. The van der Waals surface area contributed by atoms with E-state index in [-0.39, 0.29) is 11.6 Å². The highest BCUT2D eigenvalue weighted by Gasteiger charge is 2.35. The summed E-state index contributed by atoms with van der Waals surface area (Å²) < 4.78 is 34.5. The first-order chi connectivity index (χ1) is 15.5. The number of rotatable bonds is 7. The first kappa shape index (κ1) is 22.0. The van der Waals surface area contributed by atoms with Gasteiger partial charge in [-0.2, -0.15) is 4.98 Å². The van der Waals surface area contributed by atoms with Gasteiger partial charge < -0.3 is 10.1 Å². The summed E-state index contributed by atoms with van der Waals surface area (Å²) >= 11 is 1.29. The van der Waals surface area contributed by atoms with Crippen LogP contribution in [0, 0.1) is 11.6 Å². The topological polar surface area (TPSA) is 69.0 Å². The zero-order valence-corrected chi connectivity index (χ0v) is 18.5. The normalized spacial score (nSPS) is 15.3. The van der Waals surface area contributed by atoms with Crippen molar-refractivity contribution in [1.82, 2.24) is 14.8 Å². The van der Waals surface area contributed by atoms with E-state index >= 15 is 0 Å². The van der Waals surface area contributed by atoms with Crippen molar-refractivity contribution in [1.29, 1.82) is 0 Å². The highest BCUT2D eigenvalue weighted by molar-refractivity contribution is 7.98. The third-order valence-electron chi connectivity index (χ3n) is 4.99. The van der Waals surface area contributed by atoms with Crippen molar-refractivity contribution in [3.8, 4) is 0 Å². The molecule has 1 unspecified atom stereocenters. The van der Waals surface area contributed by atoms with Crippen molar-refractivity contribution in [3.05, 3.63) is 82.6 Å². The number of allylic oxidation sites excluding steroid dienone is 1. The van der Waals surface area contributed by atoms with E-state index < -0.39 is 12.0 Å². The molecule has 1 atom stereocenters. The lowest BCUT2D eigenvalue weighted by atomic mass is 9.96. The number of thioether (sulfide) groups is 1. The molecule has 1 aromatic heterocycles. The Bertz CT molecular complexity index is 1160. The van der Waals surface area contributed by atoms with Crippen LogP contribution in [-0.4, -0.2) is 27.3 Å². The monoisotopic (exact) mass is 456 g/mol. The van der Waals surface area contributed by atoms with Crippen molar-refractivity contribution < 1.29 is 18.3 Å². The van der Waals surface area contributed by atoms with Crippen molar-refractivity contribution in [2.45, 2.75) is 37.2 Å². The molecule has 0 amide bonds. The van der Waals surface area contributed by atoms with Gasteiger partial charge in [0.05, 0.1) is 12.2 Å². The van der Waals surface area contributed by atoms with Crippen LogP contribution in [-0.2, 0) is 15.3 Å². The fourth-order valence-electron chi connectivity index (χ4n) is 3.44. The fourth-order valence-corrected chi connectivity index (χ4v) is 4.26. The Balaban J connectivity index is 1.68. The van der Waals surface area contributed by atoms with E-state index in [9.17, 15) is 13.6 Å². The molecule has 166 valence electrons. The van der Waals surface area contributed by atoms with Gasteiger partial charge in [-0.15, -0.1) is 5.10 Å². The molecule has 0 radical (unpaired) electrons. The molecule has 0 aliphatic carbocycles. The van der Waals surface area contributed by atoms with E-state index in [1.807, 2.05) is 6.92 Å². The number of aromatic nitrogens is 3. The van der Waals surface area contributed by atoms with Gasteiger partial charge >= 0.3 is 5.97 Å². The largest absolute Gasteiger partial charge is 0.462 e. The van der Waals surface area contributed by atoms with Gasteiger partial charge in [0.2, 0.25) is 11.1 Å². The Kier molecular flexibility index (Phi) is 6.55. The Hall–Kier alpha value is -3.20. The second-order valence-electron chi connectivity index (χ2n) is 7.30. The van der Waals surface area contributed by atoms with Crippen LogP contribution >= 0.6 is 11.8 Å². The number of nitrogens with zero attached hydrogens (tertiary/aromatic N) is 3. The SMILES string of the molecule is CCCOC(=O)C1=C(C)Nc2nc(SCc3ccccc3F)nn2C1c1ccc(F)cc1. The second kappa shape index (κ2) is 9.52. The molecule has 0 saturated carbocycles. The number of hydrogen-bond acceptors (Lipinski definition) is 6. The molecular formula is C23H22F2N4O2S. The molecule has 6 nitrogen and oxygen atoms in total. The van der Waals surface area contributed by atoms with Crippen LogP contribution in [0.3, 0.4) is 0 Å². The first-order valence-corrected chi connectivity index (χ1v) is 11.2. The van der Waals surface area contributed by atoms with Gasteiger partial charge in [-0.25, -0.2) is 18.3 Å². The van der Waals surface area contributed by atoms with Gasteiger partial charge in [0.25, 0.3) is 0 Å². The van der Waals surface area contributed by atoms with Crippen LogP contribution < -0.4 is 5.32 Å². The number of esters is 1. The zero-order valence-electron chi connectivity index (χ0n) is 17.6. The minimum atomic E-state index is -0.633. The molecular weight excluding hydrogens is 434 g/mol. The summed E-state index contributed by atoms with van der Waals surface area (Å²) in [7, 11) is 0. The van der Waals surface area contributed by atoms with Crippen LogP contribution in [0.4, 0.5) is 14.7 Å². The number of carbonyl (C=O) groups is 1. The lowest BCUT2D eigenvalue weighted by molar-refractivity contribution is -0.139. The Morgan fingerprint density at radius 1 is 1.19 bits per heavy atom. The molecule has 0 saturated heterocycles. The van der Waals surface area contributed by atoms with E-state index in [4.69, 9.17) is 4.74 Å². The second-order valence-corrected chi connectivity index (χ2v) is 8.24. The van der Waals surface area contributed by atoms with Gasteiger partial charge in [-0.05, 0) is 42.7 Å². The van der Waals surface area contributed by atoms with Crippen LogP contribution in [0.1, 0.15) is 37.4 Å². The fraction of sp³-hybridized carbons (Fsp3) is 0.261. The minimum absolute atomic E-state index is 0.287. The molecule has 1 N–H and O–H groups in total. The van der Waals surface area contributed by atoms with Gasteiger partial charge in [0.15, 0.2) is 0 Å². The Labute approximate surface area is 188 Å². The van der Waals surface area contributed by atoms with Crippen LogP contribution in [0.2, 0.25) is 0 Å². The van der Waals surface area contributed by atoms with E-state index in [2.05, 4.69) is 15.4 Å². The Morgan fingerprint density at radius 3 is 2.66 bits per heavy atom. The maximum Gasteiger partial charge on any atom is 0.338 e. The lowest BCUT2D eigenvalue weighted by Crippen LogP contribution is -2.29. The number of benzene rings is 2. The number of nitrogens with one attached hydrogen (secondary N) is 1. The standard InChI is InChI=1S/C23H22F2N4O2S/c1-3-12-31-21(30)19-14(2)26-22-27-23(32-13-16-6-4-5-7-18(16)25)28-29(22)20(19)15-8-10-17(24)11-9-15/h4-11,20H,3,12-13H2,1-2H3,(H,26,27,28). The van der Waals surface area contributed by atoms with E-state index in [1.165, 1.54) is 30.0 Å². The van der Waals surface area contributed by atoms with Gasteiger partial charge in [-0.3, -0.25) is 0 Å². The van der Waals surface area contributed by atoms with E-state index in [1.54, 1.807) is 41.9 Å². The highest BCUT2D eigenvalue weighted by Crippen LogP contribution is 2.37. The summed E-state index contributed by atoms with van der Waals surface area (Å²) in [4.78, 5) is 17.4. The van der Waals surface area contributed by atoms with E-state index in [0.717, 1.165) is 0 Å². The molecule has 9 heteroatoms. The molecule has 32 heavy (non-hydrogen) atoms. The molecule has 4 rings (SSSR count). The average Bonchev–Trinajstić information content (AvgIpc) is 3.19. The number of fused-ring (bicyclic) bond motifs is 1. The Morgan fingerprint density at radius 2 is 1.94 bits per heavy atom. The maximum atomic E-state index is 14.0. The van der Waals surface area contributed by atoms with Crippen molar-refractivity contribution >= 4 is 23.7 Å². The summed E-state index contributed by atoms with van der Waals surface area (Å²) in [5, 5.41) is 8.12. The van der Waals surface area contributed by atoms with Crippen LogP contribution in [0.25, 0.3) is 0 Å². The predicted molar refractivity (Wildman–Crippen MR) is 118 cm³/mol. The molecule has 2 aromatic carbocycles. The third kappa shape index (κ3) is 4.52. The lowest BCUT2D eigenvalue weighted by Gasteiger charge is -2.28. The highest BCUT2D eigenvalue weighted by atomic mass is 32.2. The molecule has 1 aliphatic rings. The van der Waals surface area contributed by atoms with Crippen molar-refractivity contribution in [2.75, 3.05) is 11.9 Å². The van der Waals surface area contributed by atoms with Crippen molar-refractivity contribution in [2.24, 2.45) is 0 Å². The summed E-state index contributed by atoms with van der Waals surface area (Å²) in [6.07, 6.45) is 0.693. The number of ether oxygens (including phenoxy) is 1. The molecule has 0 fully saturated rings. The van der Waals surface area contributed by atoms with Gasteiger partial charge in [0.1, 0.15) is 17.7 Å². The summed E-state index contributed by atoms with van der Waals surface area (Å²) in [5.41, 5.74) is 2.19. The number of carbonyl (C=O) groups excluding carboxylic acids is 1. The van der Waals surface area contributed by atoms with Crippen molar-refractivity contribution in [3.63, 3.8) is 0 Å². The van der Waals surface area contributed by atoms with Crippen LogP contribution in [0.15, 0.2) is 65.0 Å². The maximum absolute atomic E-state index is 14.0. The number of halogens is 2. The molecule has 0 bridgehead atoms. The predicted octanol–water partition coefficient (Wildman–Crippen LogP) is 5.09. The minimum Gasteiger partial charge on any atom is -0.462 e.